The highest BCUT2D eigenvalue weighted by Crippen LogP contribution is 2.17. The predicted octanol–water partition coefficient (Wildman–Crippen LogP) is 0.792. The molecule has 0 fully saturated rings. The summed E-state index contributed by atoms with van der Waals surface area (Å²) >= 11 is 0. The number of methoxy groups -OCH3 is 1. The molecule has 0 heterocycles. The van der Waals surface area contributed by atoms with E-state index in [1.807, 2.05) is 6.07 Å². The second-order valence-electron chi connectivity index (χ2n) is 4.23. The fourth-order valence-corrected chi connectivity index (χ4v) is 1.81. The van der Waals surface area contributed by atoms with Crippen LogP contribution in [0.5, 0.6) is 5.75 Å². The molecule has 1 rings (SSSR count). The minimum atomic E-state index is -0.0635. The van der Waals surface area contributed by atoms with Crippen LogP contribution < -0.4 is 0 Å². The Labute approximate surface area is 113 Å². The van der Waals surface area contributed by atoms with Crippen molar-refractivity contribution in [1.29, 1.82) is 0 Å². The smallest absolute Gasteiger partial charge is 0.223 e. The van der Waals surface area contributed by atoms with Crippen LogP contribution in [0.3, 0.4) is 0 Å². The number of hydrogen-bond acceptors (Lipinski definition) is 4. The van der Waals surface area contributed by atoms with Gasteiger partial charge >= 0.3 is 0 Å². The predicted molar refractivity (Wildman–Crippen MR) is 72.0 cm³/mol. The highest BCUT2D eigenvalue weighted by atomic mass is 16.5. The average molecular weight is 267 g/mol. The van der Waals surface area contributed by atoms with Gasteiger partial charge in [-0.3, -0.25) is 4.79 Å². The van der Waals surface area contributed by atoms with Crippen LogP contribution in [0.2, 0.25) is 0 Å². The van der Waals surface area contributed by atoms with Crippen LogP contribution in [0.15, 0.2) is 24.3 Å². The van der Waals surface area contributed by atoms with E-state index in [2.05, 4.69) is 0 Å². The maximum atomic E-state index is 12.0. The third-order valence-corrected chi connectivity index (χ3v) is 2.89. The summed E-state index contributed by atoms with van der Waals surface area (Å²) in [6, 6.07) is 6.98. The molecule has 5 heteroatoms. The number of nitrogens with zero attached hydrogens (tertiary/aromatic N) is 1. The number of benzene rings is 1. The van der Waals surface area contributed by atoms with E-state index in [4.69, 9.17) is 9.84 Å². The van der Waals surface area contributed by atoms with Crippen molar-refractivity contribution in [3.63, 3.8) is 0 Å². The van der Waals surface area contributed by atoms with E-state index in [0.29, 0.717) is 32.5 Å². The Balaban J connectivity index is 2.50. The van der Waals surface area contributed by atoms with E-state index in [9.17, 15) is 9.90 Å². The lowest BCUT2D eigenvalue weighted by Gasteiger charge is -2.21. The number of carbonyl (C=O) groups excluding carboxylic acids is 1. The minimum absolute atomic E-state index is 0.0469. The zero-order chi connectivity index (χ0) is 14.1. The van der Waals surface area contributed by atoms with E-state index in [0.717, 1.165) is 5.56 Å². The van der Waals surface area contributed by atoms with Gasteiger partial charge < -0.3 is 19.8 Å². The van der Waals surface area contributed by atoms with Crippen molar-refractivity contribution in [3.8, 4) is 5.75 Å². The molecule has 5 nitrogen and oxygen atoms in total. The number of aromatic hydroxyl groups is 1. The van der Waals surface area contributed by atoms with Gasteiger partial charge in [-0.25, -0.2) is 0 Å². The van der Waals surface area contributed by atoms with Gasteiger partial charge in [0.05, 0.1) is 13.2 Å². The van der Waals surface area contributed by atoms with Crippen molar-refractivity contribution >= 4 is 5.91 Å². The average Bonchev–Trinajstić information content (AvgIpc) is 2.42. The second kappa shape index (κ2) is 8.50. The van der Waals surface area contributed by atoms with Gasteiger partial charge in [0.2, 0.25) is 5.91 Å². The third-order valence-electron chi connectivity index (χ3n) is 2.89. The number of phenolic OH excluding ortho intramolecular Hbond substituents is 1. The monoisotopic (exact) mass is 267 g/mol. The molecule has 0 aromatic heterocycles. The van der Waals surface area contributed by atoms with E-state index in [-0.39, 0.29) is 18.3 Å². The molecule has 0 atom stereocenters. The summed E-state index contributed by atoms with van der Waals surface area (Å²) in [6.45, 7) is 1.16. The molecule has 19 heavy (non-hydrogen) atoms. The van der Waals surface area contributed by atoms with Gasteiger partial charge in [0.25, 0.3) is 0 Å². The van der Waals surface area contributed by atoms with Gasteiger partial charge in [-0.15, -0.1) is 0 Å². The van der Waals surface area contributed by atoms with Crippen molar-refractivity contribution in [1.82, 2.24) is 4.90 Å². The molecule has 1 aromatic rings. The molecule has 1 amide bonds. The lowest BCUT2D eigenvalue weighted by Crippen LogP contribution is -2.36. The Morgan fingerprint density at radius 1 is 1.32 bits per heavy atom. The van der Waals surface area contributed by atoms with Crippen LogP contribution in [-0.4, -0.2) is 54.4 Å². The Morgan fingerprint density at radius 3 is 2.68 bits per heavy atom. The number of phenols is 1. The van der Waals surface area contributed by atoms with Gasteiger partial charge in [-0.2, -0.15) is 0 Å². The molecule has 0 radical (unpaired) electrons. The van der Waals surface area contributed by atoms with E-state index < -0.39 is 0 Å². The van der Waals surface area contributed by atoms with E-state index >= 15 is 0 Å². The Kier molecular flexibility index (Phi) is 6.92. The summed E-state index contributed by atoms with van der Waals surface area (Å²) in [4.78, 5) is 13.6. The molecule has 0 aliphatic carbocycles. The van der Waals surface area contributed by atoms with Crippen LogP contribution in [0.4, 0.5) is 0 Å². The molecular formula is C14H21NO4. The van der Waals surface area contributed by atoms with E-state index in [1.54, 1.807) is 30.2 Å². The second-order valence-corrected chi connectivity index (χ2v) is 4.23. The molecule has 0 unspecified atom stereocenters. The number of aryl methyl sites for hydroxylation is 1. The third kappa shape index (κ3) is 5.28. The SMILES string of the molecule is COCCN(CCO)C(=O)CCc1ccccc1O. The molecule has 0 aliphatic heterocycles. The van der Waals surface area contributed by atoms with Crippen molar-refractivity contribution in [2.75, 3.05) is 33.4 Å². The van der Waals surface area contributed by atoms with Gasteiger partial charge in [0, 0.05) is 26.6 Å². The van der Waals surface area contributed by atoms with Crippen LogP contribution in [-0.2, 0) is 16.0 Å². The first-order valence-electron chi connectivity index (χ1n) is 6.33. The van der Waals surface area contributed by atoms with Gasteiger partial charge in [-0.1, -0.05) is 18.2 Å². The first-order chi connectivity index (χ1) is 9.19. The van der Waals surface area contributed by atoms with Crippen molar-refractivity contribution in [3.05, 3.63) is 29.8 Å². The largest absolute Gasteiger partial charge is 0.508 e. The summed E-state index contributed by atoms with van der Waals surface area (Å²) in [5.74, 6) is 0.162. The lowest BCUT2D eigenvalue weighted by atomic mass is 10.1. The Morgan fingerprint density at radius 2 is 2.05 bits per heavy atom. The summed E-state index contributed by atoms with van der Waals surface area (Å²) in [7, 11) is 1.57. The number of aliphatic hydroxyl groups excluding tert-OH is 1. The number of para-hydroxylation sites is 1. The van der Waals surface area contributed by atoms with Crippen LogP contribution in [0.1, 0.15) is 12.0 Å². The summed E-state index contributed by atoms with van der Waals surface area (Å²) in [6.07, 6.45) is 0.793. The zero-order valence-corrected chi connectivity index (χ0v) is 11.2. The van der Waals surface area contributed by atoms with Gasteiger partial charge in [0.15, 0.2) is 0 Å². The molecule has 0 spiro atoms. The number of carbonyl (C=O) groups is 1. The standard InChI is InChI=1S/C14H21NO4/c1-19-11-9-15(8-10-16)14(18)7-6-12-4-2-3-5-13(12)17/h2-5,16-17H,6-11H2,1H3. The normalized spacial score (nSPS) is 10.4. The number of ether oxygens (including phenoxy) is 1. The zero-order valence-electron chi connectivity index (χ0n) is 11.2. The molecular weight excluding hydrogens is 246 g/mol. The van der Waals surface area contributed by atoms with E-state index in [1.165, 1.54) is 0 Å². The quantitative estimate of drug-likeness (QED) is 0.730. The number of rotatable bonds is 8. The fourth-order valence-electron chi connectivity index (χ4n) is 1.81. The lowest BCUT2D eigenvalue weighted by molar-refractivity contribution is -0.132. The maximum Gasteiger partial charge on any atom is 0.223 e. The van der Waals surface area contributed by atoms with Gasteiger partial charge in [-0.05, 0) is 18.1 Å². The number of hydrogen-bond donors (Lipinski definition) is 2. The van der Waals surface area contributed by atoms with Crippen LogP contribution in [0.25, 0.3) is 0 Å². The fraction of sp³-hybridized carbons (Fsp3) is 0.500. The first kappa shape index (κ1) is 15.5. The Hall–Kier alpha value is -1.59. The number of aliphatic hydroxyl groups is 1. The summed E-state index contributed by atoms with van der Waals surface area (Å²) in [5.41, 5.74) is 0.756. The molecule has 2 N–H and O–H groups in total. The summed E-state index contributed by atoms with van der Waals surface area (Å²) in [5, 5.41) is 18.6. The highest BCUT2D eigenvalue weighted by Gasteiger charge is 2.13. The Bertz CT molecular complexity index is 395. The topological polar surface area (TPSA) is 70.0 Å². The molecule has 1 aromatic carbocycles. The summed E-state index contributed by atoms with van der Waals surface area (Å²) < 4.78 is 4.94. The van der Waals surface area contributed by atoms with Crippen molar-refractivity contribution in [2.45, 2.75) is 12.8 Å². The van der Waals surface area contributed by atoms with Gasteiger partial charge in [0.1, 0.15) is 5.75 Å². The minimum Gasteiger partial charge on any atom is -0.508 e. The van der Waals surface area contributed by atoms with Crippen molar-refractivity contribution in [2.24, 2.45) is 0 Å². The van der Waals surface area contributed by atoms with Crippen LogP contribution >= 0.6 is 0 Å². The molecule has 0 aliphatic rings. The van der Waals surface area contributed by atoms with Crippen molar-refractivity contribution < 1.29 is 19.7 Å². The highest BCUT2D eigenvalue weighted by molar-refractivity contribution is 5.76. The first-order valence-corrected chi connectivity index (χ1v) is 6.33. The molecule has 0 bridgehead atoms. The molecule has 0 saturated heterocycles. The van der Waals surface area contributed by atoms with Crippen LogP contribution in [0, 0.1) is 0 Å². The molecule has 106 valence electrons. The maximum absolute atomic E-state index is 12.0. The number of amides is 1. The molecule has 0 saturated carbocycles.